The van der Waals surface area contributed by atoms with Crippen molar-refractivity contribution in [3.8, 4) is 0 Å². The van der Waals surface area contributed by atoms with E-state index in [2.05, 4.69) is 19.2 Å². The van der Waals surface area contributed by atoms with Gasteiger partial charge in [-0.2, -0.15) is 0 Å². The minimum atomic E-state index is -2.67. The van der Waals surface area contributed by atoms with Gasteiger partial charge in [0.15, 0.2) is 0 Å². The molecule has 16 heavy (non-hydrogen) atoms. The Hall–Kier alpha value is 0.360. The molecule has 2 heterocycles. The Bertz CT molecular complexity index is 268. The van der Waals surface area contributed by atoms with Crippen LogP contribution in [0, 0.1) is 0 Å². The molecule has 0 saturated carbocycles. The van der Waals surface area contributed by atoms with Crippen molar-refractivity contribution < 1.29 is 26.0 Å². The average molecular weight is 270 g/mol. The third-order valence-electron chi connectivity index (χ3n) is 3.20. The summed E-state index contributed by atoms with van der Waals surface area (Å²) in [5.41, 5.74) is 0. The number of hydrogen-bond donors (Lipinski definition) is 1. The van der Waals surface area contributed by atoms with Crippen LogP contribution in [0.1, 0.15) is 6.42 Å². The maximum atomic E-state index is 12.4. The zero-order chi connectivity index (χ0) is 10.9. The Morgan fingerprint density at radius 1 is 1.31 bits per heavy atom. The molecule has 0 aromatic heterocycles. The van der Waals surface area contributed by atoms with Gasteiger partial charge in [0.05, 0.1) is 46.9 Å². The van der Waals surface area contributed by atoms with E-state index >= 15 is 0 Å². The standard InChI is InChI=1S/C9H21N3O2P.ClH/c1-12(2)7-5-11(6-8-12)15(13)10-4-3-9-14-15;/h3-9H2,1-2H3,(H,10,13);1H/q+1;/p-1. The first-order valence-electron chi connectivity index (χ1n) is 5.59. The molecule has 2 aliphatic heterocycles. The van der Waals surface area contributed by atoms with Crippen LogP contribution in [0.5, 0.6) is 0 Å². The van der Waals surface area contributed by atoms with Gasteiger partial charge < -0.3 is 21.4 Å². The van der Waals surface area contributed by atoms with Gasteiger partial charge in [-0.15, -0.1) is 0 Å². The normalized spacial score (nSPS) is 35.4. The number of quaternary nitrogens is 1. The second kappa shape index (κ2) is 5.34. The monoisotopic (exact) mass is 269 g/mol. The zero-order valence-electron chi connectivity index (χ0n) is 9.99. The van der Waals surface area contributed by atoms with Crippen LogP contribution >= 0.6 is 7.67 Å². The van der Waals surface area contributed by atoms with E-state index in [0.29, 0.717) is 6.61 Å². The average Bonchev–Trinajstić information content (AvgIpc) is 2.18. The van der Waals surface area contributed by atoms with Crippen molar-refractivity contribution in [1.29, 1.82) is 0 Å². The zero-order valence-corrected chi connectivity index (χ0v) is 11.6. The first-order chi connectivity index (χ1) is 7.02. The lowest BCUT2D eigenvalue weighted by atomic mass is 10.3. The minimum absolute atomic E-state index is 0. The second-order valence-corrected chi connectivity index (χ2v) is 7.13. The maximum absolute atomic E-state index is 12.4. The van der Waals surface area contributed by atoms with Crippen LogP contribution in [0.15, 0.2) is 0 Å². The first kappa shape index (κ1) is 14.4. The van der Waals surface area contributed by atoms with Crippen molar-refractivity contribution in [2.24, 2.45) is 0 Å². The highest BCUT2D eigenvalue weighted by Gasteiger charge is 2.38. The van der Waals surface area contributed by atoms with Gasteiger partial charge in [0.1, 0.15) is 0 Å². The third kappa shape index (κ3) is 3.19. The SMILES string of the molecule is C[N+]1(C)CCN(P2(=O)NCCCO2)CC1.[Cl-]. The van der Waals surface area contributed by atoms with Crippen molar-refractivity contribution >= 4 is 7.67 Å². The van der Waals surface area contributed by atoms with E-state index in [4.69, 9.17) is 4.52 Å². The van der Waals surface area contributed by atoms with E-state index < -0.39 is 7.67 Å². The molecule has 5 nitrogen and oxygen atoms in total. The number of nitrogens with one attached hydrogen (secondary N) is 1. The maximum Gasteiger partial charge on any atom is 0.343 e. The minimum Gasteiger partial charge on any atom is -1.00 e. The van der Waals surface area contributed by atoms with Crippen LogP contribution in [0.3, 0.4) is 0 Å². The van der Waals surface area contributed by atoms with Gasteiger partial charge in [0.2, 0.25) is 0 Å². The first-order valence-corrected chi connectivity index (χ1v) is 7.17. The van der Waals surface area contributed by atoms with Crippen molar-refractivity contribution in [2.75, 3.05) is 53.4 Å². The van der Waals surface area contributed by atoms with E-state index in [1.807, 2.05) is 4.67 Å². The summed E-state index contributed by atoms with van der Waals surface area (Å²) in [4.78, 5) is 0. The summed E-state index contributed by atoms with van der Waals surface area (Å²) in [6, 6.07) is 0. The summed E-state index contributed by atoms with van der Waals surface area (Å²) in [5.74, 6) is 0. The van der Waals surface area contributed by atoms with Gasteiger partial charge in [0, 0.05) is 6.54 Å². The number of halogens is 1. The summed E-state index contributed by atoms with van der Waals surface area (Å²) < 4.78 is 20.8. The molecule has 2 aliphatic rings. The predicted molar refractivity (Wildman–Crippen MR) is 59.6 cm³/mol. The van der Waals surface area contributed by atoms with Gasteiger partial charge in [0.25, 0.3) is 0 Å². The number of rotatable bonds is 1. The Morgan fingerprint density at radius 3 is 2.44 bits per heavy atom. The molecular formula is C9H21ClN3O2P. The van der Waals surface area contributed by atoms with E-state index in [9.17, 15) is 4.57 Å². The fourth-order valence-electron chi connectivity index (χ4n) is 1.97. The van der Waals surface area contributed by atoms with Gasteiger partial charge >= 0.3 is 7.67 Å². The van der Waals surface area contributed by atoms with E-state index in [0.717, 1.165) is 43.6 Å². The quantitative estimate of drug-likeness (QED) is 0.422. The summed E-state index contributed by atoms with van der Waals surface area (Å²) in [6.45, 7) is 5.23. The van der Waals surface area contributed by atoms with Gasteiger partial charge in [-0.1, -0.05) is 0 Å². The number of nitrogens with zero attached hydrogens (tertiary/aromatic N) is 2. The lowest BCUT2D eigenvalue weighted by Gasteiger charge is -2.42. The lowest BCUT2D eigenvalue weighted by molar-refractivity contribution is -0.893. The summed E-state index contributed by atoms with van der Waals surface area (Å²) in [5, 5.41) is 3.04. The summed E-state index contributed by atoms with van der Waals surface area (Å²) in [6.07, 6.45) is 0.958. The van der Waals surface area contributed by atoms with Crippen molar-refractivity contribution in [1.82, 2.24) is 9.76 Å². The lowest BCUT2D eigenvalue weighted by Crippen LogP contribution is -3.00. The topological polar surface area (TPSA) is 41.6 Å². The number of likely N-dealkylation sites (N-methyl/N-ethyl adjacent to an activating group) is 1. The fourth-order valence-corrected chi connectivity index (χ4v) is 3.94. The Labute approximate surface area is 104 Å². The summed E-state index contributed by atoms with van der Waals surface area (Å²) >= 11 is 0. The molecule has 0 aliphatic carbocycles. The molecule has 1 unspecified atom stereocenters. The molecule has 0 radical (unpaired) electrons. The molecule has 0 aromatic carbocycles. The van der Waals surface area contributed by atoms with E-state index in [1.54, 1.807) is 0 Å². The third-order valence-corrected chi connectivity index (χ3v) is 5.50. The van der Waals surface area contributed by atoms with Crippen LogP contribution in [0.4, 0.5) is 0 Å². The van der Waals surface area contributed by atoms with E-state index in [-0.39, 0.29) is 12.4 Å². The van der Waals surface area contributed by atoms with E-state index in [1.165, 1.54) is 0 Å². The highest BCUT2D eigenvalue weighted by Crippen LogP contribution is 2.48. The molecule has 96 valence electrons. The highest BCUT2D eigenvalue weighted by atomic mass is 35.5. The smallest absolute Gasteiger partial charge is 0.343 e. The molecule has 2 rings (SSSR count). The molecule has 1 N–H and O–H groups in total. The fraction of sp³-hybridized carbons (Fsp3) is 1.00. The van der Waals surface area contributed by atoms with Crippen LogP contribution < -0.4 is 17.5 Å². The predicted octanol–water partition coefficient (Wildman–Crippen LogP) is -2.50. The molecule has 2 saturated heterocycles. The molecule has 0 aromatic rings. The molecular weight excluding hydrogens is 249 g/mol. The van der Waals surface area contributed by atoms with Gasteiger partial charge in [-0.3, -0.25) is 4.57 Å². The van der Waals surface area contributed by atoms with Crippen LogP contribution in [0.25, 0.3) is 0 Å². The van der Waals surface area contributed by atoms with Crippen LogP contribution in [-0.2, 0) is 9.09 Å². The number of hydrogen-bond acceptors (Lipinski definition) is 2. The van der Waals surface area contributed by atoms with Crippen molar-refractivity contribution in [3.63, 3.8) is 0 Å². The Morgan fingerprint density at radius 2 is 1.94 bits per heavy atom. The van der Waals surface area contributed by atoms with Crippen LogP contribution in [-0.4, -0.2) is 62.6 Å². The molecule has 7 heteroatoms. The molecule has 2 fully saturated rings. The molecule has 0 spiro atoms. The van der Waals surface area contributed by atoms with Crippen molar-refractivity contribution in [3.05, 3.63) is 0 Å². The van der Waals surface area contributed by atoms with Gasteiger partial charge in [-0.05, 0) is 6.42 Å². The molecule has 0 amide bonds. The summed E-state index contributed by atoms with van der Waals surface area (Å²) in [7, 11) is 1.75. The second-order valence-electron chi connectivity index (χ2n) is 4.95. The van der Waals surface area contributed by atoms with Gasteiger partial charge in [-0.25, -0.2) is 9.76 Å². The van der Waals surface area contributed by atoms with Crippen LogP contribution in [0.2, 0.25) is 0 Å². The largest absolute Gasteiger partial charge is 1.00 e. The Kier molecular flexibility index (Phi) is 4.81. The molecule has 1 atom stereocenters. The highest BCUT2D eigenvalue weighted by molar-refractivity contribution is 7.54. The molecule has 0 bridgehead atoms. The van der Waals surface area contributed by atoms with Crippen molar-refractivity contribution in [2.45, 2.75) is 6.42 Å². The number of piperazine rings is 1. The Balaban J connectivity index is 0.00000128.